The van der Waals surface area contributed by atoms with Gasteiger partial charge in [-0.25, -0.2) is 4.98 Å². The molecule has 3 rings (SSSR count). The van der Waals surface area contributed by atoms with E-state index in [9.17, 15) is 4.79 Å². The van der Waals surface area contributed by atoms with Crippen LogP contribution in [0.3, 0.4) is 0 Å². The summed E-state index contributed by atoms with van der Waals surface area (Å²) in [5.74, 6) is 1.99. The van der Waals surface area contributed by atoms with E-state index in [1.165, 1.54) is 19.3 Å². The third-order valence-corrected chi connectivity index (χ3v) is 4.87. The quantitative estimate of drug-likeness (QED) is 0.864. The third-order valence-electron chi connectivity index (χ3n) is 4.87. The number of carbonyl (C=O) groups is 1. The highest BCUT2D eigenvalue weighted by molar-refractivity contribution is 5.95. The van der Waals surface area contributed by atoms with Gasteiger partial charge in [-0.2, -0.15) is 0 Å². The molecule has 1 amide bonds. The minimum Gasteiger partial charge on any atom is -0.384 e. The standard InChI is InChI=1S/C17H25N3O/c1-17(2,3)14-7-13(8-15(18)19-14)16(21)20-9-11-5-4-6-12(11)10-20/h7-8,11-12H,4-6,9-10H2,1-3H3,(H2,18,19). The molecule has 0 aromatic carbocycles. The fraction of sp³-hybridized carbons (Fsp3) is 0.647. The van der Waals surface area contributed by atoms with E-state index >= 15 is 0 Å². The molecule has 2 heterocycles. The maximum atomic E-state index is 12.8. The largest absolute Gasteiger partial charge is 0.384 e. The van der Waals surface area contributed by atoms with Crippen molar-refractivity contribution in [3.05, 3.63) is 23.4 Å². The van der Waals surface area contributed by atoms with Crippen LogP contribution >= 0.6 is 0 Å². The molecule has 1 aromatic heterocycles. The maximum Gasteiger partial charge on any atom is 0.254 e. The number of nitrogens with two attached hydrogens (primary N) is 1. The summed E-state index contributed by atoms with van der Waals surface area (Å²) in [6, 6.07) is 3.62. The van der Waals surface area contributed by atoms with Gasteiger partial charge in [0.2, 0.25) is 0 Å². The Hall–Kier alpha value is -1.58. The predicted molar refractivity (Wildman–Crippen MR) is 84.1 cm³/mol. The summed E-state index contributed by atoms with van der Waals surface area (Å²) in [5.41, 5.74) is 7.36. The van der Waals surface area contributed by atoms with Gasteiger partial charge in [0.25, 0.3) is 5.91 Å². The number of nitrogen functional groups attached to an aromatic ring is 1. The molecule has 1 saturated carbocycles. The topological polar surface area (TPSA) is 59.2 Å². The summed E-state index contributed by atoms with van der Waals surface area (Å²) < 4.78 is 0. The smallest absolute Gasteiger partial charge is 0.254 e. The Morgan fingerprint density at radius 2 is 1.86 bits per heavy atom. The lowest BCUT2D eigenvalue weighted by molar-refractivity contribution is 0.0780. The van der Waals surface area contributed by atoms with Crippen LogP contribution in [0.2, 0.25) is 0 Å². The molecule has 2 fully saturated rings. The van der Waals surface area contributed by atoms with Gasteiger partial charge in [-0.3, -0.25) is 4.79 Å². The van der Waals surface area contributed by atoms with Gasteiger partial charge in [0, 0.05) is 29.8 Å². The molecule has 114 valence electrons. The van der Waals surface area contributed by atoms with E-state index in [1.807, 2.05) is 11.0 Å². The molecule has 2 N–H and O–H groups in total. The van der Waals surface area contributed by atoms with Gasteiger partial charge in [-0.05, 0) is 36.8 Å². The average molecular weight is 287 g/mol. The Balaban J connectivity index is 1.83. The van der Waals surface area contributed by atoms with Crippen LogP contribution in [0.4, 0.5) is 5.82 Å². The molecule has 4 nitrogen and oxygen atoms in total. The molecule has 2 atom stereocenters. The van der Waals surface area contributed by atoms with E-state index in [-0.39, 0.29) is 11.3 Å². The van der Waals surface area contributed by atoms with E-state index in [4.69, 9.17) is 5.73 Å². The monoisotopic (exact) mass is 287 g/mol. The van der Waals surface area contributed by atoms with Crippen molar-refractivity contribution in [2.75, 3.05) is 18.8 Å². The van der Waals surface area contributed by atoms with E-state index in [0.29, 0.717) is 11.4 Å². The van der Waals surface area contributed by atoms with Crippen molar-refractivity contribution in [3.8, 4) is 0 Å². The number of rotatable bonds is 1. The first-order valence-corrected chi connectivity index (χ1v) is 7.92. The number of fused-ring (bicyclic) bond motifs is 1. The van der Waals surface area contributed by atoms with Gasteiger partial charge >= 0.3 is 0 Å². The molecule has 0 bridgehead atoms. The molecule has 2 unspecified atom stereocenters. The zero-order valence-electron chi connectivity index (χ0n) is 13.2. The molecule has 0 radical (unpaired) electrons. The van der Waals surface area contributed by atoms with Crippen LogP contribution in [-0.2, 0) is 5.41 Å². The third kappa shape index (κ3) is 2.76. The first kappa shape index (κ1) is 14.4. The number of hydrogen-bond acceptors (Lipinski definition) is 3. The van der Waals surface area contributed by atoms with Crippen LogP contribution in [0.25, 0.3) is 0 Å². The van der Waals surface area contributed by atoms with Crippen LogP contribution in [0.5, 0.6) is 0 Å². The molecule has 1 saturated heterocycles. The van der Waals surface area contributed by atoms with Crippen molar-refractivity contribution in [1.29, 1.82) is 0 Å². The summed E-state index contributed by atoms with van der Waals surface area (Å²) in [4.78, 5) is 19.1. The Labute approximate surface area is 126 Å². The summed E-state index contributed by atoms with van der Waals surface area (Å²) in [6.45, 7) is 8.09. The highest BCUT2D eigenvalue weighted by Gasteiger charge is 2.38. The van der Waals surface area contributed by atoms with Crippen LogP contribution in [0.15, 0.2) is 12.1 Å². The number of nitrogens with zero attached hydrogens (tertiary/aromatic N) is 2. The van der Waals surface area contributed by atoms with Crippen molar-refractivity contribution in [1.82, 2.24) is 9.88 Å². The van der Waals surface area contributed by atoms with Crippen molar-refractivity contribution in [2.24, 2.45) is 11.8 Å². The number of carbonyl (C=O) groups excluding carboxylic acids is 1. The second-order valence-electron chi connectivity index (χ2n) is 7.58. The Bertz CT molecular complexity index is 550. The van der Waals surface area contributed by atoms with E-state index in [0.717, 1.165) is 30.6 Å². The first-order chi connectivity index (χ1) is 9.84. The van der Waals surface area contributed by atoms with Crippen molar-refractivity contribution in [2.45, 2.75) is 45.4 Å². The van der Waals surface area contributed by atoms with Gasteiger partial charge in [0.05, 0.1) is 0 Å². The van der Waals surface area contributed by atoms with E-state index < -0.39 is 0 Å². The zero-order chi connectivity index (χ0) is 15.2. The number of hydrogen-bond donors (Lipinski definition) is 1. The van der Waals surface area contributed by atoms with E-state index in [1.54, 1.807) is 6.07 Å². The van der Waals surface area contributed by atoms with Crippen LogP contribution < -0.4 is 5.73 Å². The summed E-state index contributed by atoms with van der Waals surface area (Å²) in [6.07, 6.45) is 3.88. The van der Waals surface area contributed by atoms with Gasteiger partial charge in [-0.15, -0.1) is 0 Å². The van der Waals surface area contributed by atoms with Crippen molar-refractivity contribution in [3.63, 3.8) is 0 Å². The fourth-order valence-electron chi connectivity index (χ4n) is 3.64. The van der Waals surface area contributed by atoms with Gasteiger partial charge < -0.3 is 10.6 Å². The Kier molecular flexibility index (Phi) is 3.42. The lowest BCUT2D eigenvalue weighted by Gasteiger charge is -2.21. The van der Waals surface area contributed by atoms with Crippen molar-refractivity contribution >= 4 is 11.7 Å². The first-order valence-electron chi connectivity index (χ1n) is 7.92. The second kappa shape index (κ2) is 5.00. The fourth-order valence-corrected chi connectivity index (χ4v) is 3.64. The molecular weight excluding hydrogens is 262 g/mol. The average Bonchev–Trinajstić information content (AvgIpc) is 2.96. The number of pyridine rings is 1. The number of anilines is 1. The van der Waals surface area contributed by atoms with Crippen LogP contribution in [0.1, 0.15) is 56.1 Å². The number of amides is 1. The maximum absolute atomic E-state index is 12.8. The minimum atomic E-state index is -0.105. The Morgan fingerprint density at radius 3 is 2.43 bits per heavy atom. The highest BCUT2D eigenvalue weighted by atomic mass is 16.2. The minimum absolute atomic E-state index is 0.105. The van der Waals surface area contributed by atoms with E-state index in [2.05, 4.69) is 25.8 Å². The Morgan fingerprint density at radius 1 is 1.24 bits per heavy atom. The molecule has 21 heavy (non-hydrogen) atoms. The molecule has 1 aliphatic carbocycles. The second-order valence-corrected chi connectivity index (χ2v) is 7.58. The normalized spacial score (nSPS) is 25.2. The van der Waals surface area contributed by atoms with Gasteiger partial charge in [-0.1, -0.05) is 27.2 Å². The zero-order valence-corrected chi connectivity index (χ0v) is 13.2. The highest BCUT2D eigenvalue weighted by Crippen LogP contribution is 2.38. The van der Waals surface area contributed by atoms with Gasteiger partial charge in [0.1, 0.15) is 5.82 Å². The molecule has 1 aromatic rings. The SMILES string of the molecule is CC(C)(C)c1cc(C(=O)N2CC3CCCC3C2)cc(N)n1. The predicted octanol–water partition coefficient (Wildman–Crippen LogP) is 2.83. The van der Waals surface area contributed by atoms with Crippen LogP contribution in [0, 0.1) is 11.8 Å². The number of likely N-dealkylation sites (tertiary alicyclic amines) is 1. The summed E-state index contributed by atoms with van der Waals surface area (Å²) in [7, 11) is 0. The molecule has 0 spiro atoms. The summed E-state index contributed by atoms with van der Waals surface area (Å²) in [5, 5.41) is 0. The molecule has 1 aliphatic heterocycles. The molecular formula is C17H25N3O. The lowest BCUT2D eigenvalue weighted by atomic mass is 9.90. The molecule has 2 aliphatic rings. The van der Waals surface area contributed by atoms with Crippen LogP contribution in [-0.4, -0.2) is 28.9 Å². The lowest BCUT2D eigenvalue weighted by Crippen LogP contribution is -2.30. The number of aromatic nitrogens is 1. The van der Waals surface area contributed by atoms with Gasteiger partial charge in [0.15, 0.2) is 0 Å². The van der Waals surface area contributed by atoms with Crippen molar-refractivity contribution < 1.29 is 4.79 Å². The summed E-state index contributed by atoms with van der Waals surface area (Å²) >= 11 is 0. The molecule has 4 heteroatoms.